The number of sulfonamides is 1. The van der Waals surface area contributed by atoms with Crippen LogP contribution in [0.1, 0.15) is 13.3 Å². The summed E-state index contributed by atoms with van der Waals surface area (Å²) < 4.78 is 38.5. The Morgan fingerprint density at radius 3 is 2.44 bits per heavy atom. The molecule has 18 heavy (non-hydrogen) atoms. The maximum absolute atomic E-state index is 12.8. The lowest BCUT2D eigenvalue weighted by Crippen LogP contribution is -2.43. The smallest absolute Gasteiger partial charge is 0.243 e. The molecule has 1 aromatic rings. The van der Waals surface area contributed by atoms with Gasteiger partial charge in [-0.1, -0.05) is 6.92 Å². The van der Waals surface area contributed by atoms with E-state index in [4.69, 9.17) is 0 Å². The van der Waals surface area contributed by atoms with E-state index >= 15 is 0 Å². The standard InChI is InChI=1S/C12H14FNO3S/c1-9-8-14(7-6-12(9)15)18(16,17)11-4-2-10(13)3-5-11/h2-5,9H,6-8H2,1H3. The van der Waals surface area contributed by atoms with Crippen molar-refractivity contribution in [2.75, 3.05) is 13.1 Å². The number of rotatable bonds is 2. The van der Waals surface area contributed by atoms with Crippen molar-refractivity contribution in [1.82, 2.24) is 4.31 Å². The molecular weight excluding hydrogens is 257 g/mol. The molecule has 6 heteroatoms. The minimum absolute atomic E-state index is 0.0606. The Labute approximate surface area is 105 Å². The van der Waals surface area contributed by atoms with Crippen LogP contribution < -0.4 is 0 Å². The maximum atomic E-state index is 12.8. The van der Waals surface area contributed by atoms with E-state index in [1.54, 1.807) is 6.92 Å². The lowest BCUT2D eigenvalue weighted by atomic mass is 10.0. The summed E-state index contributed by atoms with van der Waals surface area (Å²) in [4.78, 5) is 11.4. The summed E-state index contributed by atoms with van der Waals surface area (Å²) in [7, 11) is -3.62. The molecule has 0 bridgehead atoms. The number of piperidine rings is 1. The highest BCUT2D eigenvalue weighted by Gasteiger charge is 2.32. The number of hydrogen-bond donors (Lipinski definition) is 0. The zero-order valence-corrected chi connectivity index (χ0v) is 10.8. The zero-order chi connectivity index (χ0) is 13.3. The van der Waals surface area contributed by atoms with Gasteiger partial charge in [0.1, 0.15) is 11.6 Å². The Morgan fingerprint density at radius 1 is 1.28 bits per heavy atom. The number of Topliss-reactive ketones (excluding diaryl/α,β-unsaturated/α-hetero) is 1. The molecule has 1 unspecified atom stereocenters. The van der Waals surface area contributed by atoms with Crippen LogP contribution in [0.25, 0.3) is 0 Å². The van der Waals surface area contributed by atoms with Gasteiger partial charge in [-0.05, 0) is 24.3 Å². The number of ketones is 1. The van der Waals surface area contributed by atoms with Crippen LogP contribution >= 0.6 is 0 Å². The Bertz CT molecular complexity index is 553. The molecule has 0 aliphatic carbocycles. The molecule has 98 valence electrons. The van der Waals surface area contributed by atoms with Crippen molar-refractivity contribution in [3.8, 4) is 0 Å². The largest absolute Gasteiger partial charge is 0.299 e. The highest BCUT2D eigenvalue weighted by molar-refractivity contribution is 7.89. The van der Waals surface area contributed by atoms with Crippen LogP contribution in [0.4, 0.5) is 4.39 Å². The summed E-state index contributed by atoms with van der Waals surface area (Å²) in [5.41, 5.74) is 0. The van der Waals surface area contributed by atoms with Gasteiger partial charge < -0.3 is 0 Å². The molecule has 0 spiro atoms. The third-order valence-corrected chi connectivity index (χ3v) is 4.97. The Morgan fingerprint density at radius 2 is 1.89 bits per heavy atom. The fraction of sp³-hybridized carbons (Fsp3) is 0.417. The predicted molar refractivity (Wildman–Crippen MR) is 63.9 cm³/mol. The first-order valence-corrected chi connectivity index (χ1v) is 7.13. The highest BCUT2D eigenvalue weighted by Crippen LogP contribution is 2.21. The van der Waals surface area contributed by atoms with Crippen LogP contribution in [0, 0.1) is 11.7 Å². The summed E-state index contributed by atoms with van der Waals surface area (Å²) in [6.45, 7) is 2.11. The van der Waals surface area contributed by atoms with Crippen molar-refractivity contribution in [3.05, 3.63) is 30.1 Å². The molecule has 1 heterocycles. The first-order chi connectivity index (χ1) is 8.41. The van der Waals surface area contributed by atoms with Crippen LogP contribution in [0.5, 0.6) is 0 Å². The topological polar surface area (TPSA) is 54.5 Å². The summed E-state index contributed by atoms with van der Waals surface area (Å²) >= 11 is 0. The van der Waals surface area contributed by atoms with Gasteiger partial charge in [0, 0.05) is 25.4 Å². The predicted octanol–water partition coefficient (Wildman–Crippen LogP) is 1.43. The fourth-order valence-electron chi connectivity index (χ4n) is 1.95. The lowest BCUT2D eigenvalue weighted by Gasteiger charge is -2.29. The number of carbonyl (C=O) groups is 1. The quantitative estimate of drug-likeness (QED) is 0.817. The lowest BCUT2D eigenvalue weighted by molar-refractivity contribution is -0.124. The molecule has 0 radical (unpaired) electrons. The summed E-state index contributed by atoms with van der Waals surface area (Å²) in [5.74, 6) is -0.675. The van der Waals surface area contributed by atoms with Crippen molar-refractivity contribution in [2.45, 2.75) is 18.2 Å². The van der Waals surface area contributed by atoms with E-state index in [1.165, 1.54) is 16.4 Å². The van der Waals surface area contributed by atoms with E-state index in [1.807, 2.05) is 0 Å². The van der Waals surface area contributed by atoms with Crippen molar-refractivity contribution < 1.29 is 17.6 Å². The van der Waals surface area contributed by atoms with E-state index in [-0.39, 0.29) is 36.1 Å². The van der Waals surface area contributed by atoms with E-state index in [0.717, 1.165) is 12.1 Å². The molecule has 1 aliphatic rings. The Hall–Kier alpha value is -1.27. The minimum atomic E-state index is -3.62. The molecule has 1 saturated heterocycles. The first-order valence-electron chi connectivity index (χ1n) is 5.69. The molecule has 0 amide bonds. The maximum Gasteiger partial charge on any atom is 0.243 e. The average molecular weight is 271 g/mol. The number of nitrogens with zero attached hydrogens (tertiary/aromatic N) is 1. The second-order valence-corrected chi connectivity index (χ2v) is 6.37. The molecule has 4 nitrogen and oxygen atoms in total. The monoisotopic (exact) mass is 271 g/mol. The molecule has 1 aromatic carbocycles. The van der Waals surface area contributed by atoms with Crippen LogP contribution in [-0.2, 0) is 14.8 Å². The fourth-order valence-corrected chi connectivity index (χ4v) is 3.48. The highest BCUT2D eigenvalue weighted by atomic mass is 32.2. The van der Waals surface area contributed by atoms with Gasteiger partial charge in [0.25, 0.3) is 0 Å². The average Bonchev–Trinajstić information content (AvgIpc) is 2.33. The molecular formula is C12H14FNO3S. The minimum Gasteiger partial charge on any atom is -0.299 e. The van der Waals surface area contributed by atoms with Crippen molar-refractivity contribution in [1.29, 1.82) is 0 Å². The van der Waals surface area contributed by atoms with Crippen molar-refractivity contribution in [2.24, 2.45) is 5.92 Å². The number of hydrogen-bond acceptors (Lipinski definition) is 3. The van der Waals surface area contributed by atoms with Gasteiger partial charge in [0.2, 0.25) is 10.0 Å². The Kier molecular flexibility index (Phi) is 3.49. The summed E-state index contributed by atoms with van der Waals surface area (Å²) in [6.07, 6.45) is 0.238. The van der Waals surface area contributed by atoms with Crippen molar-refractivity contribution >= 4 is 15.8 Å². The molecule has 1 atom stereocenters. The summed E-state index contributed by atoms with van der Waals surface area (Å²) in [6, 6.07) is 4.72. The third-order valence-electron chi connectivity index (χ3n) is 3.09. The molecule has 0 saturated carbocycles. The second-order valence-electron chi connectivity index (χ2n) is 4.43. The normalized spacial score (nSPS) is 22.1. The molecule has 0 N–H and O–H groups in total. The van der Waals surface area contributed by atoms with E-state index in [0.29, 0.717) is 0 Å². The molecule has 1 aliphatic heterocycles. The van der Waals surface area contributed by atoms with E-state index < -0.39 is 15.8 Å². The van der Waals surface area contributed by atoms with Gasteiger partial charge in [-0.2, -0.15) is 4.31 Å². The van der Waals surface area contributed by atoms with Crippen LogP contribution in [0.15, 0.2) is 29.2 Å². The van der Waals surface area contributed by atoms with Crippen LogP contribution in [0.2, 0.25) is 0 Å². The number of carbonyl (C=O) groups excluding carboxylic acids is 1. The summed E-state index contributed by atoms with van der Waals surface area (Å²) in [5, 5.41) is 0. The van der Waals surface area contributed by atoms with Gasteiger partial charge in [-0.25, -0.2) is 12.8 Å². The van der Waals surface area contributed by atoms with Gasteiger partial charge >= 0.3 is 0 Å². The second kappa shape index (κ2) is 4.78. The van der Waals surface area contributed by atoms with Gasteiger partial charge in [0.05, 0.1) is 4.90 Å². The molecule has 1 fully saturated rings. The number of halogens is 1. The van der Waals surface area contributed by atoms with Crippen LogP contribution in [-0.4, -0.2) is 31.6 Å². The van der Waals surface area contributed by atoms with E-state index in [9.17, 15) is 17.6 Å². The van der Waals surface area contributed by atoms with E-state index in [2.05, 4.69) is 0 Å². The third kappa shape index (κ3) is 2.44. The molecule has 2 rings (SSSR count). The van der Waals surface area contributed by atoms with Gasteiger partial charge in [-0.15, -0.1) is 0 Å². The SMILES string of the molecule is CC1CN(S(=O)(=O)c2ccc(F)cc2)CCC1=O. The van der Waals surface area contributed by atoms with Gasteiger partial charge in [0.15, 0.2) is 0 Å². The number of benzene rings is 1. The zero-order valence-electron chi connectivity index (χ0n) is 9.97. The molecule has 0 aromatic heterocycles. The van der Waals surface area contributed by atoms with Crippen molar-refractivity contribution in [3.63, 3.8) is 0 Å². The van der Waals surface area contributed by atoms with Gasteiger partial charge in [-0.3, -0.25) is 4.79 Å². The Balaban J connectivity index is 2.26. The first kappa shape index (κ1) is 13.2. The van der Waals surface area contributed by atoms with Crippen LogP contribution in [0.3, 0.4) is 0 Å².